The minimum Gasteiger partial charge on any atom is -0.496 e. The quantitative estimate of drug-likeness (QED) is 0.181. The Kier molecular flexibility index (Phi) is 8.05. The lowest BCUT2D eigenvalue weighted by molar-refractivity contribution is 0.0952. The maximum absolute atomic E-state index is 12.5. The molecule has 0 aromatic heterocycles. The Hall–Kier alpha value is -3.36. The lowest BCUT2D eigenvalue weighted by atomic mass is 10.1. The predicted octanol–water partition coefficient (Wildman–Crippen LogP) is 6.72. The van der Waals surface area contributed by atoms with Crippen molar-refractivity contribution in [3.8, 4) is 17.2 Å². The Bertz CT molecular complexity index is 1400. The van der Waals surface area contributed by atoms with Crippen molar-refractivity contribution in [1.29, 1.82) is 0 Å². The summed E-state index contributed by atoms with van der Waals surface area (Å²) >= 11 is 6.93. The predicted molar refractivity (Wildman–Crippen MR) is 145 cm³/mol. The van der Waals surface area contributed by atoms with Crippen molar-refractivity contribution in [2.45, 2.75) is 6.61 Å². The molecule has 0 unspecified atom stereocenters. The standard InChI is InChI=1S/C27H22Br2N2O4/c1-33-24-11-10-20(28)14-22(24)27(32)31-30-15-17-12-23(29)26(25(13-17)34-2)35-16-19-8-5-7-18-6-3-4-9-21(18)19/h3-15H,16H2,1-2H3,(H,31,32)/b30-15-. The highest BCUT2D eigenvalue weighted by Crippen LogP contribution is 2.37. The van der Waals surface area contributed by atoms with Gasteiger partial charge in [-0.15, -0.1) is 0 Å². The topological polar surface area (TPSA) is 69.2 Å². The molecule has 0 bridgehead atoms. The van der Waals surface area contributed by atoms with Crippen LogP contribution in [-0.2, 0) is 6.61 Å². The van der Waals surface area contributed by atoms with Crippen molar-refractivity contribution >= 4 is 54.8 Å². The number of halogens is 2. The average Bonchev–Trinajstić information content (AvgIpc) is 2.87. The smallest absolute Gasteiger partial charge is 0.275 e. The zero-order chi connectivity index (χ0) is 24.8. The molecule has 1 N–H and O–H groups in total. The third-order valence-electron chi connectivity index (χ3n) is 5.29. The Morgan fingerprint density at radius 3 is 2.51 bits per heavy atom. The Morgan fingerprint density at radius 1 is 0.943 bits per heavy atom. The molecule has 4 aromatic rings. The fraction of sp³-hybridized carbons (Fsp3) is 0.111. The van der Waals surface area contributed by atoms with Crippen molar-refractivity contribution in [3.05, 3.63) is 98.4 Å². The van der Waals surface area contributed by atoms with Gasteiger partial charge in [-0.3, -0.25) is 4.79 Å². The fourth-order valence-electron chi connectivity index (χ4n) is 3.61. The van der Waals surface area contributed by atoms with Crippen LogP contribution in [0.3, 0.4) is 0 Å². The summed E-state index contributed by atoms with van der Waals surface area (Å²) in [5, 5.41) is 6.39. The lowest BCUT2D eigenvalue weighted by Gasteiger charge is -2.14. The van der Waals surface area contributed by atoms with Gasteiger partial charge in [-0.25, -0.2) is 5.43 Å². The van der Waals surface area contributed by atoms with Crippen molar-refractivity contribution in [1.82, 2.24) is 5.43 Å². The third kappa shape index (κ3) is 5.83. The van der Waals surface area contributed by atoms with Gasteiger partial charge in [0.25, 0.3) is 5.91 Å². The molecule has 4 aromatic carbocycles. The monoisotopic (exact) mass is 596 g/mol. The van der Waals surface area contributed by atoms with E-state index in [0.29, 0.717) is 39.5 Å². The summed E-state index contributed by atoms with van der Waals surface area (Å²) in [6, 6.07) is 23.2. The van der Waals surface area contributed by atoms with E-state index in [0.717, 1.165) is 20.8 Å². The first-order chi connectivity index (χ1) is 17.0. The SMILES string of the molecule is COc1ccc(Br)cc1C(=O)N/N=C\c1cc(Br)c(OCc2cccc3ccccc23)c(OC)c1. The Balaban J connectivity index is 1.49. The molecule has 178 valence electrons. The first-order valence-corrected chi connectivity index (χ1v) is 12.2. The van der Waals surface area contributed by atoms with Gasteiger partial charge in [-0.1, -0.05) is 58.4 Å². The van der Waals surface area contributed by atoms with Crippen molar-refractivity contribution < 1.29 is 19.0 Å². The summed E-state index contributed by atoms with van der Waals surface area (Å²) in [5.74, 6) is 1.19. The maximum atomic E-state index is 12.5. The number of methoxy groups -OCH3 is 2. The van der Waals surface area contributed by atoms with E-state index in [9.17, 15) is 4.79 Å². The van der Waals surface area contributed by atoms with Crippen LogP contribution >= 0.6 is 31.9 Å². The summed E-state index contributed by atoms with van der Waals surface area (Å²) in [7, 11) is 3.09. The number of hydrogen-bond donors (Lipinski definition) is 1. The van der Waals surface area contributed by atoms with Crippen LogP contribution in [0.4, 0.5) is 0 Å². The molecule has 0 radical (unpaired) electrons. The van der Waals surface area contributed by atoms with E-state index in [4.69, 9.17) is 14.2 Å². The first kappa shape index (κ1) is 24.8. The number of amides is 1. The van der Waals surface area contributed by atoms with Crippen LogP contribution in [0.5, 0.6) is 17.2 Å². The summed E-state index contributed by atoms with van der Waals surface area (Å²) in [6.45, 7) is 0.383. The molecule has 0 heterocycles. The molecular weight excluding hydrogens is 576 g/mol. The third-order valence-corrected chi connectivity index (χ3v) is 6.37. The van der Waals surface area contributed by atoms with E-state index in [-0.39, 0.29) is 5.91 Å². The number of hydrazone groups is 1. The summed E-state index contributed by atoms with van der Waals surface area (Å²) < 4.78 is 18.4. The van der Waals surface area contributed by atoms with E-state index >= 15 is 0 Å². The molecule has 0 aliphatic heterocycles. The average molecular weight is 598 g/mol. The first-order valence-electron chi connectivity index (χ1n) is 10.6. The van der Waals surface area contributed by atoms with Crippen LogP contribution in [0, 0.1) is 0 Å². The lowest BCUT2D eigenvalue weighted by Crippen LogP contribution is -2.18. The number of nitrogens with one attached hydrogen (secondary N) is 1. The van der Waals surface area contributed by atoms with Gasteiger partial charge in [0.15, 0.2) is 11.5 Å². The van der Waals surface area contributed by atoms with Gasteiger partial charge in [0, 0.05) is 4.47 Å². The largest absolute Gasteiger partial charge is 0.496 e. The zero-order valence-electron chi connectivity index (χ0n) is 19.0. The molecule has 8 heteroatoms. The molecule has 0 saturated carbocycles. The van der Waals surface area contributed by atoms with Gasteiger partial charge < -0.3 is 14.2 Å². The number of nitrogens with zero attached hydrogens (tertiary/aromatic N) is 1. The summed E-state index contributed by atoms with van der Waals surface area (Å²) in [5.41, 5.74) is 4.69. The number of rotatable bonds is 8. The molecule has 0 atom stereocenters. The molecule has 6 nitrogen and oxygen atoms in total. The van der Waals surface area contributed by atoms with Crippen molar-refractivity contribution in [2.24, 2.45) is 5.10 Å². The van der Waals surface area contributed by atoms with E-state index in [1.54, 1.807) is 31.4 Å². The molecule has 35 heavy (non-hydrogen) atoms. The van der Waals surface area contributed by atoms with Crippen LogP contribution in [0.2, 0.25) is 0 Å². The summed E-state index contributed by atoms with van der Waals surface area (Å²) in [4.78, 5) is 12.5. The normalized spacial score (nSPS) is 11.0. The van der Waals surface area contributed by atoms with Crippen molar-refractivity contribution in [3.63, 3.8) is 0 Å². The van der Waals surface area contributed by atoms with Gasteiger partial charge in [0.05, 0.1) is 30.5 Å². The van der Waals surface area contributed by atoms with Crippen molar-refractivity contribution in [2.75, 3.05) is 14.2 Å². The highest BCUT2D eigenvalue weighted by Gasteiger charge is 2.14. The second-order valence-electron chi connectivity index (χ2n) is 7.50. The van der Waals surface area contributed by atoms with Gasteiger partial charge >= 0.3 is 0 Å². The Morgan fingerprint density at radius 2 is 1.71 bits per heavy atom. The number of ether oxygens (including phenoxy) is 3. The molecule has 0 spiro atoms. The number of carbonyl (C=O) groups is 1. The van der Waals surface area contributed by atoms with E-state index in [1.165, 1.54) is 13.3 Å². The van der Waals surface area contributed by atoms with Crippen LogP contribution in [0.15, 0.2) is 86.8 Å². The van der Waals surface area contributed by atoms with Gasteiger partial charge in [0.1, 0.15) is 12.4 Å². The van der Waals surface area contributed by atoms with Crippen LogP contribution in [0.25, 0.3) is 10.8 Å². The maximum Gasteiger partial charge on any atom is 0.275 e. The highest BCUT2D eigenvalue weighted by molar-refractivity contribution is 9.10. The second kappa shape index (κ2) is 11.4. The molecule has 0 fully saturated rings. The highest BCUT2D eigenvalue weighted by atomic mass is 79.9. The molecule has 4 rings (SSSR count). The Labute approximate surface area is 220 Å². The number of carbonyl (C=O) groups excluding carboxylic acids is 1. The molecule has 0 saturated heterocycles. The minimum atomic E-state index is -0.388. The fourth-order valence-corrected chi connectivity index (χ4v) is 4.54. The molecule has 1 amide bonds. The molecular formula is C27H22Br2N2O4. The number of hydrogen-bond acceptors (Lipinski definition) is 5. The molecule has 0 aliphatic rings. The number of fused-ring (bicyclic) bond motifs is 1. The van der Waals surface area contributed by atoms with Crippen LogP contribution in [0.1, 0.15) is 21.5 Å². The van der Waals surface area contributed by atoms with Gasteiger partial charge in [-0.2, -0.15) is 5.10 Å². The van der Waals surface area contributed by atoms with Gasteiger partial charge in [-0.05, 0) is 68.2 Å². The molecule has 0 aliphatic carbocycles. The van der Waals surface area contributed by atoms with Gasteiger partial charge in [0.2, 0.25) is 0 Å². The second-order valence-corrected chi connectivity index (χ2v) is 9.27. The van der Waals surface area contributed by atoms with E-state index in [1.807, 2.05) is 30.3 Å². The minimum absolute atomic E-state index is 0.370. The summed E-state index contributed by atoms with van der Waals surface area (Å²) in [6.07, 6.45) is 1.53. The van der Waals surface area contributed by atoms with E-state index < -0.39 is 0 Å². The zero-order valence-corrected chi connectivity index (χ0v) is 22.2. The van der Waals surface area contributed by atoms with E-state index in [2.05, 4.69) is 60.6 Å². The van der Waals surface area contributed by atoms with Crippen LogP contribution < -0.4 is 19.6 Å². The number of benzene rings is 4. The van der Waals surface area contributed by atoms with Crippen LogP contribution in [-0.4, -0.2) is 26.3 Å².